The van der Waals surface area contributed by atoms with Crippen LogP contribution in [0.5, 0.6) is 0 Å². The summed E-state index contributed by atoms with van der Waals surface area (Å²) in [7, 11) is -3.13. The lowest BCUT2D eigenvalue weighted by molar-refractivity contribution is 0.592. The molecule has 0 aliphatic rings. The van der Waals surface area contributed by atoms with Crippen LogP contribution in [0.15, 0.2) is 188 Å². The molecular weight excluding hydrogens is 680 g/mol. The van der Waals surface area contributed by atoms with Crippen LogP contribution in [0.4, 0.5) is 0 Å². The summed E-state index contributed by atoms with van der Waals surface area (Å²) in [6, 6.07) is 64.3. The molecule has 5 nitrogen and oxygen atoms in total. The summed E-state index contributed by atoms with van der Waals surface area (Å²) in [5, 5.41) is 7.93. The quantitative estimate of drug-likeness (QED) is 0.167. The van der Waals surface area contributed by atoms with Gasteiger partial charge in [0.2, 0.25) is 5.95 Å². The summed E-state index contributed by atoms with van der Waals surface area (Å²) in [5.41, 5.74) is 8.01. The van der Waals surface area contributed by atoms with Gasteiger partial charge in [-0.05, 0) is 70.4 Å². The third-order valence-corrected chi connectivity index (χ3v) is 13.8. The molecule has 0 radical (unpaired) electrons. The SMILES string of the molecule is O=P(c1ccccc1)(c1ccccc1)c1ccc2ccc(-c3ccc4c5ccccc5n(-c5nc6ccccc6c6nc7ccccc7n56)c4c3)cc2c1. The van der Waals surface area contributed by atoms with E-state index >= 15 is 4.57 Å². The number of hydrogen-bond donors (Lipinski definition) is 0. The molecule has 254 valence electrons. The van der Waals surface area contributed by atoms with E-state index in [-0.39, 0.29) is 0 Å². The first-order chi connectivity index (χ1) is 26.6. The van der Waals surface area contributed by atoms with Gasteiger partial charge in [0.1, 0.15) is 5.65 Å². The lowest BCUT2D eigenvalue weighted by atomic mass is 10.00. The van der Waals surface area contributed by atoms with Crippen molar-refractivity contribution in [3.05, 3.63) is 188 Å². The van der Waals surface area contributed by atoms with Gasteiger partial charge in [-0.2, -0.15) is 0 Å². The average Bonchev–Trinajstić information content (AvgIpc) is 3.80. The van der Waals surface area contributed by atoms with Crippen molar-refractivity contribution in [1.29, 1.82) is 0 Å². The molecule has 0 saturated heterocycles. The van der Waals surface area contributed by atoms with Crippen molar-refractivity contribution in [1.82, 2.24) is 18.9 Å². The van der Waals surface area contributed by atoms with E-state index in [1.54, 1.807) is 0 Å². The third kappa shape index (κ3) is 4.55. The Morgan fingerprint density at radius 2 is 1.00 bits per heavy atom. The van der Waals surface area contributed by atoms with Crippen molar-refractivity contribution in [2.24, 2.45) is 0 Å². The molecule has 8 aromatic carbocycles. The topological polar surface area (TPSA) is 52.2 Å². The van der Waals surface area contributed by atoms with Crippen molar-refractivity contribution in [2.45, 2.75) is 0 Å². The molecule has 6 heteroatoms. The van der Waals surface area contributed by atoms with Gasteiger partial charge in [0.05, 0.1) is 27.6 Å². The minimum atomic E-state index is -3.13. The summed E-state index contributed by atoms with van der Waals surface area (Å²) in [5.74, 6) is 0.793. The minimum absolute atomic E-state index is 0.793. The maximum Gasteiger partial charge on any atom is 0.221 e. The highest BCUT2D eigenvalue weighted by molar-refractivity contribution is 7.85. The number of fused-ring (bicyclic) bond motifs is 9. The highest BCUT2D eigenvalue weighted by Gasteiger charge is 2.30. The van der Waals surface area contributed by atoms with Crippen molar-refractivity contribution >= 4 is 83.2 Å². The average molecular weight is 711 g/mol. The Balaban J connectivity index is 1.14. The predicted molar refractivity (Wildman–Crippen MR) is 225 cm³/mol. The molecule has 0 aliphatic heterocycles. The van der Waals surface area contributed by atoms with E-state index in [1.165, 1.54) is 0 Å². The van der Waals surface area contributed by atoms with Crippen molar-refractivity contribution in [3.8, 4) is 17.1 Å². The van der Waals surface area contributed by atoms with Gasteiger partial charge in [0.15, 0.2) is 7.14 Å². The van der Waals surface area contributed by atoms with Gasteiger partial charge in [-0.15, -0.1) is 0 Å². The summed E-state index contributed by atoms with van der Waals surface area (Å²) in [6.07, 6.45) is 0. The number of benzene rings is 8. The highest BCUT2D eigenvalue weighted by atomic mass is 31.2. The van der Waals surface area contributed by atoms with E-state index in [9.17, 15) is 0 Å². The fourth-order valence-corrected chi connectivity index (χ4v) is 10.9. The van der Waals surface area contributed by atoms with E-state index in [4.69, 9.17) is 9.97 Å². The monoisotopic (exact) mass is 710 g/mol. The second kappa shape index (κ2) is 11.9. The molecule has 3 aromatic heterocycles. The van der Waals surface area contributed by atoms with Crippen LogP contribution in [-0.4, -0.2) is 18.9 Å². The molecular formula is C48H31N4OP. The Labute approximate surface area is 310 Å². The van der Waals surface area contributed by atoms with Gasteiger partial charge in [0.25, 0.3) is 0 Å². The van der Waals surface area contributed by atoms with Gasteiger partial charge >= 0.3 is 0 Å². The van der Waals surface area contributed by atoms with Crippen LogP contribution in [0.3, 0.4) is 0 Å². The van der Waals surface area contributed by atoms with Crippen LogP contribution in [0.2, 0.25) is 0 Å². The van der Waals surface area contributed by atoms with E-state index in [0.717, 1.165) is 93.2 Å². The summed E-state index contributed by atoms with van der Waals surface area (Å²) in [6.45, 7) is 0. The van der Waals surface area contributed by atoms with Crippen LogP contribution in [0.1, 0.15) is 0 Å². The molecule has 3 heterocycles. The smallest absolute Gasteiger partial charge is 0.221 e. The Hall–Kier alpha value is -6.81. The van der Waals surface area contributed by atoms with Crippen molar-refractivity contribution < 1.29 is 4.57 Å². The molecule has 0 bridgehead atoms. The number of para-hydroxylation sites is 4. The fourth-order valence-electron chi connectivity index (χ4n) is 8.18. The van der Waals surface area contributed by atoms with E-state index in [1.807, 2.05) is 84.9 Å². The Morgan fingerprint density at radius 3 is 1.78 bits per heavy atom. The van der Waals surface area contributed by atoms with E-state index in [0.29, 0.717) is 0 Å². The first-order valence-corrected chi connectivity index (χ1v) is 19.8. The zero-order valence-corrected chi connectivity index (χ0v) is 29.9. The van der Waals surface area contributed by atoms with E-state index in [2.05, 4.69) is 112 Å². The maximum atomic E-state index is 15.2. The van der Waals surface area contributed by atoms with Gasteiger partial charge < -0.3 is 4.57 Å². The lowest BCUT2D eigenvalue weighted by Gasteiger charge is -2.20. The molecule has 0 fully saturated rings. The first kappa shape index (κ1) is 30.8. The third-order valence-electron chi connectivity index (χ3n) is 10.8. The molecule has 54 heavy (non-hydrogen) atoms. The minimum Gasteiger partial charge on any atom is -0.309 e. The number of aromatic nitrogens is 4. The predicted octanol–water partition coefficient (Wildman–Crippen LogP) is 10.6. The molecule has 0 saturated carbocycles. The lowest BCUT2D eigenvalue weighted by Crippen LogP contribution is -2.24. The normalized spacial score (nSPS) is 12.1. The summed E-state index contributed by atoms with van der Waals surface area (Å²) >= 11 is 0. The molecule has 0 spiro atoms. The number of hydrogen-bond acceptors (Lipinski definition) is 3. The fraction of sp³-hybridized carbons (Fsp3) is 0. The van der Waals surface area contributed by atoms with Gasteiger partial charge in [-0.1, -0.05) is 140 Å². The van der Waals surface area contributed by atoms with Crippen LogP contribution < -0.4 is 15.9 Å². The Bertz CT molecular complexity index is 3270. The molecule has 0 unspecified atom stereocenters. The largest absolute Gasteiger partial charge is 0.309 e. The maximum absolute atomic E-state index is 15.2. The number of imidazole rings is 1. The zero-order chi connectivity index (χ0) is 35.8. The second-order valence-electron chi connectivity index (χ2n) is 13.8. The van der Waals surface area contributed by atoms with Gasteiger partial charge in [-0.3, -0.25) is 8.97 Å². The number of nitrogens with zero attached hydrogens (tertiary/aromatic N) is 4. The van der Waals surface area contributed by atoms with Crippen LogP contribution in [0, 0.1) is 0 Å². The van der Waals surface area contributed by atoms with Crippen molar-refractivity contribution in [2.75, 3.05) is 0 Å². The molecule has 0 N–H and O–H groups in total. The van der Waals surface area contributed by atoms with Crippen LogP contribution in [-0.2, 0) is 4.57 Å². The molecule has 0 amide bonds. The molecule has 0 atom stereocenters. The molecule has 0 aliphatic carbocycles. The zero-order valence-electron chi connectivity index (χ0n) is 29.0. The number of rotatable bonds is 5. The highest BCUT2D eigenvalue weighted by Crippen LogP contribution is 2.43. The Kier molecular flexibility index (Phi) is 6.76. The van der Waals surface area contributed by atoms with Gasteiger partial charge in [0, 0.05) is 32.1 Å². The van der Waals surface area contributed by atoms with Gasteiger partial charge in [-0.25, -0.2) is 9.97 Å². The molecule has 11 aromatic rings. The summed E-state index contributed by atoms with van der Waals surface area (Å²) < 4.78 is 19.7. The van der Waals surface area contributed by atoms with Crippen molar-refractivity contribution in [3.63, 3.8) is 0 Å². The second-order valence-corrected chi connectivity index (χ2v) is 16.6. The van der Waals surface area contributed by atoms with Crippen LogP contribution in [0.25, 0.3) is 77.2 Å². The standard InChI is InChI=1S/C48H31N4OP/c53-54(36-13-3-1-4-14-36,37-15-5-2-6-16-37)38-27-25-32-23-24-33(29-35(32)30-38)34-26-28-40-39-17-8-11-21-44(39)51(46(40)31-34)48-50-42-19-9-7-18-41(42)47-49-43-20-10-12-22-45(43)52(47)48/h1-31H. The Morgan fingerprint density at radius 1 is 0.407 bits per heavy atom. The first-order valence-electron chi connectivity index (χ1n) is 18.1. The molecule has 11 rings (SSSR count). The summed E-state index contributed by atoms with van der Waals surface area (Å²) in [4.78, 5) is 10.5. The van der Waals surface area contributed by atoms with Crippen LogP contribution >= 0.6 is 7.14 Å². The van der Waals surface area contributed by atoms with E-state index < -0.39 is 7.14 Å².